The van der Waals surface area contributed by atoms with Crippen molar-refractivity contribution in [3.05, 3.63) is 34.7 Å². The molecule has 0 atom stereocenters. The van der Waals surface area contributed by atoms with Crippen LogP contribution in [0, 0.1) is 29.6 Å². The monoisotopic (exact) mass is 401 g/mol. The molecule has 0 bridgehead atoms. The van der Waals surface area contributed by atoms with Crippen molar-refractivity contribution in [1.82, 2.24) is 0 Å². The third kappa shape index (κ3) is 4.86. The molecule has 0 spiro atoms. The van der Waals surface area contributed by atoms with Crippen LogP contribution in [0.2, 0.25) is 0 Å². The van der Waals surface area contributed by atoms with Gasteiger partial charge in [-0.05, 0) is 57.1 Å². The minimum Gasteiger partial charge on any atom is -0.507 e. The highest BCUT2D eigenvalue weighted by molar-refractivity contribution is 5.53. The summed E-state index contributed by atoms with van der Waals surface area (Å²) in [5.74, 6) is 4.05. The van der Waals surface area contributed by atoms with E-state index in [1.807, 2.05) is 0 Å². The van der Waals surface area contributed by atoms with E-state index in [0.29, 0.717) is 29.4 Å². The van der Waals surface area contributed by atoms with Crippen molar-refractivity contribution in [1.29, 1.82) is 0 Å². The Balaban J connectivity index is 4.15. The van der Waals surface area contributed by atoms with Crippen LogP contribution in [0.1, 0.15) is 114 Å². The summed E-state index contributed by atoms with van der Waals surface area (Å²) in [6.45, 7) is 32.2. The van der Waals surface area contributed by atoms with Crippen LogP contribution in [0.25, 0.3) is 0 Å². The highest BCUT2D eigenvalue weighted by atomic mass is 16.3. The molecule has 167 valence electrons. The smallest absolute Gasteiger partial charge is 0.123 e. The summed E-state index contributed by atoms with van der Waals surface area (Å²) in [5, 5.41) is 11.3. The third-order valence-corrected chi connectivity index (χ3v) is 6.75. The van der Waals surface area contributed by atoms with Gasteiger partial charge in [-0.15, -0.1) is 0 Å². The largest absolute Gasteiger partial charge is 0.507 e. The van der Waals surface area contributed by atoms with Gasteiger partial charge in [-0.2, -0.15) is 0 Å². The molecule has 0 amide bonds. The van der Waals surface area contributed by atoms with Crippen molar-refractivity contribution in [2.45, 2.75) is 113 Å². The molecule has 1 heteroatoms. The van der Waals surface area contributed by atoms with E-state index in [1.54, 1.807) is 5.92 Å². The predicted molar refractivity (Wildman–Crippen MR) is 130 cm³/mol. The first-order valence-electron chi connectivity index (χ1n) is 11.7. The quantitative estimate of drug-likeness (QED) is 0.507. The Kier molecular flexibility index (Phi) is 7.76. The highest BCUT2D eigenvalue weighted by Crippen LogP contribution is 2.54. The summed E-state index contributed by atoms with van der Waals surface area (Å²) < 4.78 is 0. The molecule has 1 aromatic rings. The summed E-state index contributed by atoms with van der Waals surface area (Å²) >= 11 is 0. The molecule has 0 heterocycles. The Hall–Kier alpha value is -0.980. The van der Waals surface area contributed by atoms with Gasteiger partial charge in [0.25, 0.3) is 0 Å². The zero-order chi connectivity index (χ0) is 23.1. The summed E-state index contributed by atoms with van der Waals surface area (Å²) in [7, 11) is 0. The summed E-state index contributed by atoms with van der Waals surface area (Å²) in [4.78, 5) is 0. The van der Waals surface area contributed by atoms with E-state index in [0.717, 1.165) is 11.1 Å². The fourth-order valence-corrected chi connectivity index (χ4v) is 5.81. The third-order valence-electron chi connectivity index (χ3n) is 6.75. The van der Waals surface area contributed by atoms with Crippen molar-refractivity contribution in [3.63, 3.8) is 0 Å². The summed E-state index contributed by atoms with van der Waals surface area (Å²) in [5.41, 5.74) is 3.25. The second-order valence-corrected chi connectivity index (χ2v) is 12.4. The van der Waals surface area contributed by atoms with Gasteiger partial charge >= 0.3 is 0 Å². The molecule has 1 nitrogen and oxygen atoms in total. The average Bonchev–Trinajstić information content (AvgIpc) is 2.48. The molecule has 0 saturated heterocycles. The van der Waals surface area contributed by atoms with Crippen LogP contribution in [0.4, 0.5) is 0 Å². The van der Waals surface area contributed by atoms with E-state index in [2.05, 4.69) is 109 Å². The van der Waals surface area contributed by atoms with Gasteiger partial charge in [-0.1, -0.05) is 109 Å². The normalized spacial score (nSPS) is 14.2. The Labute approximate surface area is 182 Å². The molecule has 0 aliphatic carbocycles. The van der Waals surface area contributed by atoms with E-state index in [1.165, 1.54) is 5.56 Å². The van der Waals surface area contributed by atoms with Crippen molar-refractivity contribution < 1.29 is 5.11 Å². The number of benzene rings is 1. The van der Waals surface area contributed by atoms with Gasteiger partial charge in [0.2, 0.25) is 0 Å². The maximum absolute atomic E-state index is 11.3. The number of phenols is 1. The Morgan fingerprint density at radius 1 is 0.655 bits per heavy atom. The lowest BCUT2D eigenvalue weighted by Crippen LogP contribution is -2.48. The molecule has 1 rings (SSSR count). The lowest BCUT2D eigenvalue weighted by molar-refractivity contribution is 0.180. The van der Waals surface area contributed by atoms with Crippen LogP contribution in [0.5, 0.6) is 5.75 Å². The lowest BCUT2D eigenvalue weighted by Gasteiger charge is -2.52. The fraction of sp³-hybridized carbons (Fsp3) is 0.750. The molecule has 0 aliphatic rings. The van der Waals surface area contributed by atoms with Crippen molar-refractivity contribution >= 4 is 0 Å². The standard InChI is InChI=1S/C28H49O/c1-17(2)24(18(3)4)28(19(5)6,20(7)8)21-15-22(26(9,10)11)25(29)23(16-21)27(12,13)14/h15-20,29H,1-14H3. The molecular formula is C28H49O. The molecule has 1 radical (unpaired) electrons. The highest BCUT2D eigenvalue weighted by Gasteiger charge is 2.49. The Morgan fingerprint density at radius 3 is 1.17 bits per heavy atom. The molecule has 1 aromatic carbocycles. The van der Waals surface area contributed by atoms with Gasteiger partial charge in [0.05, 0.1) is 0 Å². The fourth-order valence-electron chi connectivity index (χ4n) is 5.81. The Morgan fingerprint density at radius 2 is 0.966 bits per heavy atom. The molecule has 0 aromatic heterocycles. The number of rotatable bonds is 6. The molecule has 29 heavy (non-hydrogen) atoms. The lowest BCUT2D eigenvalue weighted by atomic mass is 9.52. The van der Waals surface area contributed by atoms with Crippen molar-refractivity contribution in [2.24, 2.45) is 23.7 Å². The number of phenolic OH excluding ortho intramolecular Hbond substituents is 1. The minimum absolute atomic E-state index is 0.0317. The van der Waals surface area contributed by atoms with Crippen molar-refractivity contribution in [3.8, 4) is 5.75 Å². The van der Waals surface area contributed by atoms with Crippen molar-refractivity contribution in [2.75, 3.05) is 0 Å². The van der Waals surface area contributed by atoms with Gasteiger partial charge in [-0.25, -0.2) is 0 Å². The van der Waals surface area contributed by atoms with Crippen LogP contribution in [-0.2, 0) is 16.2 Å². The first-order chi connectivity index (χ1) is 12.9. The van der Waals surface area contributed by atoms with E-state index in [-0.39, 0.29) is 16.2 Å². The zero-order valence-electron chi connectivity index (χ0n) is 21.9. The summed E-state index contributed by atoms with van der Waals surface area (Å²) in [6.07, 6.45) is 0. The summed E-state index contributed by atoms with van der Waals surface area (Å²) in [6, 6.07) is 4.66. The topological polar surface area (TPSA) is 20.2 Å². The van der Waals surface area contributed by atoms with Crippen LogP contribution < -0.4 is 0 Å². The van der Waals surface area contributed by atoms with Crippen LogP contribution in [0.15, 0.2) is 12.1 Å². The van der Waals surface area contributed by atoms with Gasteiger partial charge in [-0.3, -0.25) is 0 Å². The van der Waals surface area contributed by atoms with Crippen LogP contribution >= 0.6 is 0 Å². The molecule has 0 aliphatic heterocycles. The number of hydrogen-bond donors (Lipinski definition) is 1. The second kappa shape index (κ2) is 8.64. The maximum Gasteiger partial charge on any atom is 0.123 e. The first-order valence-corrected chi connectivity index (χ1v) is 11.7. The van der Waals surface area contributed by atoms with E-state index in [4.69, 9.17) is 0 Å². The first kappa shape index (κ1) is 26.1. The van der Waals surface area contributed by atoms with E-state index < -0.39 is 0 Å². The average molecular weight is 402 g/mol. The molecule has 0 saturated carbocycles. The van der Waals surface area contributed by atoms with Crippen LogP contribution in [0.3, 0.4) is 0 Å². The minimum atomic E-state index is -0.115. The molecule has 1 N–H and O–H groups in total. The van der Waals surface area contributed by atoms with E-state index >= 15 is 0 Å². The zero-order valence-corrected chi connectivity index (χ0v) is 21.9. The van der Waals surface area contributed by atoms with Gasteiger partial charge in [0.15, 0.2) is 0 Å². The number of aromatic hydroxyl groups is 1. The van der Waals surface area contributed by atoms with Gasteiger partial charge in [0.1, 0.15) is 5.75 Å². The molecule has 0 fully saturated rings. The van der Waals surface area contributed by atoms with Gasteiger partial charge < -0.3 is 5.11 Å². The Bertz CT molecular complexity index is 626. The van der Waals surface area contributed by atoms with E-state index in [9.17, 15) is 5.11 Å². The predicted octanol–water partition coefficient (Wildman–Crippen LogP) is 8.42. The van der Waals surface area contributed by atoms with Gasteiger partial charge in [0, 0.05) is 5.41 Å². The number of hydrogen-bond acceptors (Lipinski definition) is 1. The SMILES string of the molecule is CC(C)[C](C(C)C)C(c1cc(C(C)(C)C)c(O)c(C(C)(C)C)c1)(C(C)C)C(C)C. The second-order valence-electron chi connectivity index (χ2n) is 12.4. The molecular weight excluding hydrogens is 352 g/mol. The molecule has 0 unspecified atom stereocenters. The maximum atomic E-state index is 11.3. The van der Waals surface area contributed by atoms with Crippen LogP contribution in [-0.4, -0.2) is 5.11 Å².